The highest BCUT2D eigenvalue weighted by atomic mass is 35.5. The Labute approximate surface area is 142 Å². The van der Waals surface area contributed by atoms with Crippen molar-refractivity contribution < 1.29 is 17.9 Å². The molecule has 1 N–H and O–H groups in total. The molecule has 130 valence electrons. The summed E-state index contributed by atoms with van der Waals surface area (Å²) in [6.45, 7) is 4.50. The SMILES string of the molecule is COCCCNC(=O)c1cc(S(=O)(=O)N(C)C(C)C)ccc1Cl. The van der Waals surface area contributed by atoms with Gasteiger partial charge in [-0.15, -0.1) is 0 Å². The van der Waals surface area contributed by atoms with Crippen molar-refractivity contribution in [1.82, 2.24) is 9.62 Å². The van der Waals surface area contributed by atoms with Crippen molar-refractivity contribution in [3.8, 4) is 0 Å². The van der Waals surface area contributed by atoms with Gasteiger partial charge in [-0.05, 0) is 38.5 Å². The molecule has 0 aliphatic heterocycles. The van der Waals surface area contributed by atoms with Crippen LogP contribution in [0, 0.1) is 0 Å². The van der Waals surface area contributed by atoms with Crippen LogP contribution < -0.4 is 5.32 Å². The van der Waals surface area contributed by atoms with E-state index < -0.39 is 15.9 Å². The average Bonchev–Trinajstić information content (AvgIpc) is 2.50. The third-order valence-electron chi connectivity index (χ3n) is 3.40. The Bertz CT molecular complexity index is 647. The Morgan fingerprint density at radius 3 is 2.61 bits per heavy atom. The zero-order valence-corrected chi connectivity index (χ0v) is 15.4. The molecule has 0 radical (unpaired) electrons. The number of hydrogen-bond donors (Lipinski definition) is 1. The molecule has 1 aromatic rings. The first kappa shape index (κ1) is 19.9. The molecule has 6 nitrogen and oxygen atoms in total. The summed E-state index contributed by atoms with van der Waals surface area (Å²) < 4.78 is 31.1. The van der Waals surface area contributed by atoms with Crippen molar-refractivity contribution in [2.45, 2.75) is 31.2 Å². The van der Waals surface area contributed by atoms with Gasteiger partial charge in [-0.3, -0.25) is 4.79 Å². The Morgan fingerprint density at radius 2 is 2.04 bits per heavy atom. The van der Waals surface area contributed by atoms with Crippen LogP contribution in [0.4, 0.5) is 0 Å². The summed E-state index contributed by atoms with van der Waals surface area (Å²) in [6.07, 6.45) is 0.661. The highest BCUT2D eigenvalue weighted by Gasteiger charge is 2.24. The Morgan fingerprint density at radius 1 is 1.39 bits per heavy atom. The molecule has 0 aliphatic rings. The highest BCUT2D eigenvalue weighted by molar-refractivity contribution is 7.89. The minimum atomic E-state index is -3.67. The van der Waals surface area contributed by atoms with Crippen LogP contribution in [-0.2, 0) is 14.8 Å². The van der Waals surface area contributed by atoms with Crippen LogP contribution >= 0.6 is 11.6 Å². The number of sulfonamides is 1. The number of ether oxygens (including phenoxy) is 1. The van der Waals surface area contributed by atoms with Gasteiger partial charge in [-0.2, -0.15) is 4.31 Å². The molecule has 1 rings (SSSR count). The van der Waals surface area contributed by atoms with Crippen LogP contribution in [0.25, 0.3) is 0 Å². The number of nitrogens with one attached hydrogen (secondary N) is 1. The molecule has 0 saturated carbocycles. The van der Waals surface area contributed by atoms with Crippen molar-refractivity contribution in [3.63, 3.8) is 0 Å². The number of methoxy groups -OCH3 is 1. The predicted molar refractivity (Wildman–Crippen MR) is 90.4 cm³/mol. The maximum absolute atomic E-state index is 12.5. The van der Waals surface area contributed by atoms with Gasteiger partial charge < -0.3 is 10.1 Å². The van der Waals surface area contributed by atoms with E-state index in [0.29, 0.717) is 19.6 Å². The summed E-state index contributed by atoms with van der Waals surface area (Å²) in [4.78, 5) is 12.2. The zero-order chi connectivity index (χ0) is 17.6. The topological polar surface area (TPSA) is 75.7 Å². The fourth-order valence-corrected chi connectivity index (χ4v) is 3.39. The number of benzene rings is 1. The number of nitrogens with zero attached hydrogens (tertiary/aromatic N) is 1. The van der Waals surface area contributed by atoms with Gasteiger partial charge in [0.1, 0.15) is 0 Å². The van der Waals surface area contributed by atoms with Gasteiger partial charge in [0.25, 0.3) is 5.91 Å². The molecule has 1 aromatic carbocycles. The van der Waals surface area contributed by atoms with Crippen molar-refractivity contribution in [3.05, 3.63) is 28.8 Å². The van der Waals surface area contributed by atoms with Gasteiger partial charge in [0.2, 0.25) is 10.0 Å². The van der Waals surface area contributed by atoms with E-state index in [0.717, 1.165) is 0 Å². The van der Waals surface area contributed by atoms with E-state index >= 15 is 0 Å². The highest BCUT2D eigenvalue weighted by Crippen LogP contribution is 2.23. The first-order valence-electron chi connectivity index (χ1n) is 7.26. The molecule has 0 bridgehead atoms. The summed E-state index contributed by atoms with van der Waals surface area (Å²) in [5, 5.41) is 2.90. The van der Waals surface area contributed by atoms with E-state index in [1.165, 1.54) is 29.6 Å². The van der Waals surface area contributed by atoms with E-state index in [1.807, 2.05) is 0 Å². The molecular weight excluding hydrogens is 340 g/mol. The first-order valence-corrected chi connectivity index (χ1v) is 9.08. The number of halogens is 1. The second-order valence-electron chi connectivity index (χ2n) is 5.36. The lowest BCUT2D eigenvalue weighted by Crippen LogP contribution is -2.33. The van der Waals surface area contributed by atoms with Gasteiger partial charge in [0.15, 0.2) is 0 Å². The molecule has 0 spiro atoms. The molecule has 1 amide bonds. The maximum atomic E-state index is 12.5. The molecule has 23 heavy (non-hydrogen) atoms. The van der Waals surface area contributed by atoms with Crippen LogP contribution in [-0.4, -0.2) is 52.0 Å². The Hall–Kier alpha value is -1.15. The Kier molecular flexibility index (Phi) is 7.47. The van der Waals surface area contributed by atoms with E-state index in [2.05, 4.69) is 5.32 Å². The number of carbonyl (C=O) groups is 1. The van der Waals surface area contributed by atoms with Gasteiger partial charge in [0.05, 0.1) is 15.5 Å². The number of amides is 1. The summed E-state index contributed by atoms with van der Waals surface area (Å²) in [6, 6.07) is 3.94. The molecule has 0 aromatic heterocycles. The van der Waals surface area contributed by atoms with Crippen molar-refractivity contribution in [2.75, 3.05) is 27.3 Å². The Balaban J connectivity index is 3.02. The zero-order valence-electron chi connectivity index (χ0n) is 13.8. The van der Waals surface area contributed by atoms with E-state index in [9.17, 15) is 13.2 Å². The monoisotopic (exact) mass is 362 g/mol. The molecular formula is C15H23ClN2O4S. The predicted octanol–water partition coefficient (Wildman–Crippen LogP) is 2.14. The lowest BCUT2D eigenvalue weighted by atomic mass is 10.2. The smallest absolute Gasteiger partial charge is 0.252 e. The van der Waals surface area contributed by atoms with Crippen LogP contribution in [0.1, 0.15) is 30.6 Å². The molecule has 0 saturated heterocycles. The second kappa shape index (κ2) is 8.63. The van der Waals surface area contributed by atoms with Gasteiger partial charge in [-0.1, -0.05) is 11.6 Å². The summed E-state index contributed by atoms with van der Waals surface area (Å²) >= 11 is 6.03. The van der Waals surface area contributed by atoms with Crippen LogP contribution in [0.2, 0.25) is 5.02 Å². The van der Waals surface area contributed by atoms with Crippen molar-refractivity contribution in [1.29, 1.82) is 0 Å². The maximum Gasteiger partial charge on any atom is 0.252 e. The molecule has 0 fully saturated rings. The fourth-order valence-electron chi connectivity index (χ4n) is 1.80. The molecule has 0 aliphatic carbocycles. The van der Waals surface area contributed by atoms with Crippen molar-refractivity contribution in [2.24, 2.45) is 0 Å². The quantitative estimate of drug-likeness (QED) is 0.719. The summed E-state index contributed by atoms with van der Waals surface area (Å²) in [5.41, 5.74) is 0.141. The lowest BCUT2D eigenvalue weighted by molar-refractivity contribution is 0.0948. The number of carbonyl (C=O) groups excluding carboxylic acids is 1. The fraction of sp³-hybridized carbons (Fsp3) is 0.533. The van der Waals surface area contributed by atoms with E-state index in [4.69, 9.17) is 16.3 Å². The minimum Gasteiger partial charge on any atom is -0.385 e. The molecule has 0 atom stereocenters. The van der Waals surface area contributed by atoms with Crippen LogP contribution in [0.3, 0.4) is 0 Å². The third-order valence-corrected chi connectivity index (χ3v) is 5.76. The third kappa shape index (κ3) is 5.17. The molecule has 0 heterocycles. The largest absolute Gasteiger partial charge is 0.385 e. The van der Waals surface area contributed by atoms with Gasteiger partial charge in [-0.25, -0.2) is 8.42 Å². The van der Waals surface area contributed by atoms with E-state index in [-0.39, 0.29) is 21.5 Å². The van der Waals surface area contributed by atoms with E-state index in [1.54, 1.807) is 21.0 Å². The summed E-state index contributed by atoms with van der Waals surface area (Å²) in [7, 11) is -0.585. The average molecular weight is 363 g/mol. The van der Waals surface area contributed by atoms with Crippen molar-refractivity contribution >= 4 is 27.5 Å². The normalized spacial score (nSPS) is 12.0. The summed E-state index contributed by atoms with van der Waals surface area (Å²) in [5.74, 6) is -0.407. The second-order valence-corrected chi connectivity index (χ2v) is 7.76. The standard InChI is InChI=1S/C15H23ClN2O4S/c1-11(2)18(3)23(20,21)12-6-7-14(16)13(10-12)15(19)17-8-5-9-22-4/h6-7,10-11H,5,8-9H2,1-4H3,(H,17,19). The van der Waals surface area contributed by atoms with Gasteiger partial charge in [0, 0.05) is 33.4 Å². The first-order chi connectivity index (χ1) is 10.7. The number of rotatable bonds is 8. The van der Waals surface area contributed by atoms with Gasteiger partial charge >= 0.3 is 0 Å². The minimum absolute atomic E-state index is 0.0418. The lowest BCUT2D eigenvalue weighted by Gasteiger charge is -2.21. The van der Waals surface area contributed by atoms with Crippen LogP contribution in [0.5, 0.6) is 0 Å². The molecule has 0 unspecified atom stereocenters. The number of hydrogen-bond acceptors (Lipinski definition) is 4. The van der Waals surface area contributed by atoms with Crippen LogP contribution in [0.15, 0.2) is 23.1 Å². The molecule has 8 heteroatoms.